The van der Waals surface area contributed by atoms with Gasteiger partial charge in [-0.25, -0.2) is 4.98 Å². The molecule has 0 radical (unpaired) electrons. The molecule has 5 rings (SSSR count). The minimum absolute atomic E-state index is 0.199. The van der Waals surface area contributed by atoms with Crippen LogP contribution in [0, 0.1) is 0 Å². The lowest BCUT2D eigenvalue weighted by atomic mass is 9.65. The van der Waals surface area contributed by atoms with E-state index in [1.807, 2.05) is 6.07 Å². The molecule has 23 heavy (non-hydrogen) atoms. The zero-order valence-electron chi connectivity index (χ0n) is 13.1. The molecular weight excluding hydrogens is 308 g/mol. The number of carbonyl (C=O) groups is 1. The first-order chi connectivity index (χ1) is 11.1. The van der Waals surface area contributed by atoms with Crippen LogP contribution in [0.2, 0.25) is 5.02 Å². The van der Waals surface area contributed by atoms with Crippen LogP contribution >= 0.6 is 11.6 Å². The molecule has 3 aliphatic carbocycles. The van der Waals surface area contributed by atoms with E-state index in [0.717, 1.165) is 5.69 Å². The number of hydrogen-bond acceptors (Lipinski definition) is 2. The Bertz CT molecular complexity index is 763. The molecule has 0 atom stereocenters. The molecule has 1 fully saturated rings. The van der Waals surface area contributed by atoms with Crippen molar-refractivity contribution in [1.82, 2.24) is 4.98 Å². The minimum Gasteiger partial charge on any atom is -0.321 e. The first kappa shape index (κ1) is 14.7. The molecule has 3 aliphatic rings. The zero-order valence-corrected chi connectivity index (χ0v) is 13.9. The highest BCUT2D eigenvalue weighted by Crippen LogP contribution is 2.64. The molecule has 1 N–H and O–H groups in total. The lowest BCUT2D eigenvalue weighted by molar-refractivity contribution is 0.102. The van der Waals surface area contributed by atoms with E-state index < -0.39 is 0 Å². The van der Waals surface area contributed by atoms with Crippen LogP contribution in [0.25, 0.3) is 0 Å². The van der Waals surface area contributed by atoms with Gasteiger partial charge in [-0.15, -0.1) is 0 Å². The Labute approximate surface area is 141 Å². The molecule has 2 aromatic rings. The Kier molecular flexibility index (Phi) is 3.42. The van der Waals surface area contributed by atoms with Gasteiger partial charge in [-0.05, 0) is 66.0 Å². The third kappa shape index (κ3) is 2.34. The Balaban J connectivity index is 1.55. The molecule has 118 valence electrons. The molecule has 0 unspecified atom stereocenters. The van der Waals surface area contributed by atoms with E-state index in [2.05, 4.69) is 29.4 Å². The summed E-state index contributed by atoms with van der Waals surface area (Å²) in [4.78, 5) is 16.3. The van der Waals surface area contributed by atoms with Crippen molar-refractivity contribution in [3.63, 3.8) is 0 Å². The summed E-state index contributed by atoms with van der Waals surface area (Å²) in [5.74, 6) is 0.484. The van der Waals surface area contributed by atoms with Crippen molar-refractivity contribution in [3.8, 4) is 0 Å². The van der Waals surface area contributed by atoms with Gasteiger partial charge in [-0.3, -0.25) is 4.79 Å². The highest BCUT2D eigenvalue weighted by molar-refractivity contribution is 6.30. The fourth-order valence-corrected chi connectivity index (χ4v) is 4.42. The lowest BCUT2D eigenvalue weighted by Crippen LogP contribution is -2.31. The van der Waals surface area contributed by atoms with E-state index in [0.29, 0.717) is 22.0 Å². The van der Waals surface area contributed by atoms with Crippen LogP contribution in [-0.4, -0.2) is 10.9 Å². The number of rotatable bonds is 4. The Morgan fingerprint density at radius 3 is 2.87 bits per heavy atom. The van der Waals surface area contributed by atoms with Crippen LogP contribution in [0.1, 0.15) is 60.1 Å². The number of pyridine rings is 1. The Morgan fingerprint density at radius 1 is 1.35 bits per heavy atom. The van der Waals surface area contributed by atoms with Gasteiger partial charge in [0.2, 0.25) is 0 Å². The molecular formula is C19H19ClN2O. The maximum atomic E-state index is 12.3. The van der Waals surface area contributed by atoms with E-state index in [-0.39, 0.29) is 5.91 Å². The molecule has 1 aromatic carbocycles. The van der Waals surface area contributed by atoms with Gasteiger partial charge in [-0.2, -0.15) is 0 Å². The van der Waals surface area contributed by atoms with Gasteiger partial charge < -0.3 is 5.32 Å². The average molecular weight is 327 g/mol. The van der Waals surface area contributed by atoms with Crippen LogP contribution in [0.15, 0.2) is 36.5 Å². The van der Waals surface area contributed by atoms with Gasteiger partial charge in [0.1, 0.15) is 5.69 Å². The normalized spacial score (nSPS) is 24.0. The number of nitrogens with zero attached hydrogens (tertiary/aromatic N) is 1. The van der Waals surface area contributed by atoms with Gasteiger partial charge in [0.25, 0.3) is 5.91 Å². The topological polar surface area (TPSA) is 42.0 Å². The maximum absolute atomic E-state index is 12.3. The van der Waals surface area contributed by atoms with E-state index in [1.54, 1.807) is 12.1 Å². The van der Waals surface area contributed by atoms with E-state index in [1.165, 1.54) is 43.0 Å². The van der Waals surface area contributed by atoms with E-state index >= 15 is 0 Å². The highest BCUT2D eigenvalue weighted by Gasteiger charge is 2.53. The molecule has 1 amide bonds. The van der Waals surface area contributed by atoms with Crippen molar-refractivity contribution < 1.29 is 4.79 Å². The summed E-state index contributed by atoms with van der Waals surface area (Å²) < 4.78 is 0. The third-order valence-electron chi connectivity index (χ3n) is 5.28. The molecule has 0 aliphatic heterocycles. The van der Waals surface area contributed by atoms with Gasteiger partial charge in [0.05, 0.1) is 5.02 Å². The smallest absolute Gasteiger partial charge is 0.274 e. The van der Waals surface area contributed by atoms with Crippen LogP contribution in [0.5, 0.6) is 0 Å². The summed E-state index contributed by atoms with van der Waals surface area (Å²) in [6.45, 7) is 2.26. The molecule has 1 heterocycles. The molecule has 2 bridgehead atoms. The molecule has 1 aromatic heterocycles. The molecule has 3 nitrogen and oxygen atoms in total. The Morgan fingerprint density at radius 2 is 2.17 bits per heavy atom. The van der Waals surface area contributed by atoms with Crippen molar-refractivity contribution in [2.75, 3.05) is 5.32 Å². The zero-order chi connectivity index (χ0) is 16.0. The van der Waals surface area contributed by atoms with Crippen molar-refractivity contribution in [3.05, 3.63) is 58.4 Å². The predicted molar refractivity (Wildman–Crippen MR) is 92.2 cm³/mol. The second kappa shape index (κ2) is 5.34. The fraction of sp³-hybridized carbons (Fsp3) is 0.368. The maximum Gasteiger partial charge on any atom is 0.274 e. The van der Waals surface area contributed by atoms with E-state index in [4.69, 9.17) is 11.6 Å². The van der Waals surface area contributed by atoms with E-state index in [9.17, 15) is 4.79 Å². The van der Waals surface area contributed by atoms with Crippen molar-refractivity contribution in [2.24, 2.45) is 0 Å². The molecule has 0 spiro atoms. The number of carbonyl (C=O) groups excluding carboxylic acids is 1. The highest BCUT2D eigenvalue weighted by atomic mass is 35.5. The third-order valence-corrected chi connectivity index (χ3v) is 5.51. The number of anilines is 1. The summed E-state index contributed by atoms with van der Waals surface area (Å²) in [6.07, 6.45) is 6.56. The van der Waals surface area contributed by atoms with Gasteiger partial charge in [-0.1, -0.05) is 31.0 Å². The summed E-state index contributed by atoms with van der Waals surface area (Å²) in [5, 5.41) is 3.47. The monoisotopic (exact) mass is 326 g/mol. The first-order valence-electron chi connectivity index (χ1n) is 8.19. The number of hydrogen-bond donors (Lipinski definition) is 1. The largest absolute Gasteiger partial charge is 0.321 e. The van der Waals surface area contributed by atoms with Crippen LogP contribution in [0.3, 0.4) is 0 Å². The van der Waals surface area contributed by atoms with Gasteiger partial charge in [0.15, 0.2) is 0 Å². The first-order valence-corrected chi connectivity index (χ1v) is 8.56. The molecule has 4 heteroatoms. The quantitative estimate of drug-likeness (QED) is 0.866. The van der Waals surface area contributed by atoms with Crippen LogP contribution in [-0.2, 0) is 5.41 Å². The minimum atomic E-state index is -0.199. The van der Waals surface area contributed by atoms with Crippen molar-refractivity contribution >= 4 is 23.2 Å². The summed E-state index contributed by atoms with van der Waals surface area (Å²) >= 11 is 5.81. The molecule has 1 saturated carbocycles. The van der Waals surface area contributed by atoms with Crippen molar-refractivity contribution in [1.29, 1.82) is 0 Å². The Hall–Kier alpha value is -1.87. The summed E-state index contributed by atoms with van der Waals surface area (Å²) in [5.41, 5.74) is 4.59. The van der Waals surface area contributed by atoms with Gasteiger partial charge in [0, 0.05) is 11.9 Å². The second-order valence-electron chi connectivity index (χ2n) is 6.75. The number of benzene rings is 1. The SMILES string of the molecule is CCCC12CC(C1)c1cc(NC(=O)c3ccc(Cl)cn3)ccc12. The summed E-state index contributed by atoms with van der Waals surface area (Å²) in [7, 11) is 0. The lowest BCUT2D eigenvalue weighted by Gasteiger charge is -2.39. The number of amides is 1. The number of nitrogens with one attached hydrogen (secondary N) is 1. The van der Waals surface area contributed by atoms with Crippen LogP contribution in [0.4, 0.5) is 5.69 Å². The van der Waals surface area contributed by atoms with Crippen molar-refractivity contribution in [2.45, 2.75) is 43.9 Å². The van der Waals surface area contributed by atoms with Gasteiger partial charge >= 0.3 is 0 Å². The predicted octanol–water partition coefficient (Wildman–Crippen LogP) is 4.92. The number of aromatic nitrogens is 1. The average Bonchev–Trinajstić information content (AvgIpc) is 2.96. The van der Waals surface area contributed by atoms with Crippen LogP contribution < -0.4 is 5.32 Å². The standard InChI is InChI=1S/C19H19ClN2O/c1-2-7-19-9-12(10-19)15-8-14(4-5-16(15)19)22-18(23)17-6-3-13(20)11-21-17/h3-6,8,11-12H,2,7,9-10H2,1H3,(H,22,23). The summed E-state index contributed by atoms with van der Waals surface area (Å²) in [6, 6.07) is 9.69. The number of halogens is 1. The fourth-order valence-electron chi connectivity index (χ4n) is 4.31. The second-order valence-corrected chi connectivity index (χ2v) is 7.19. The molecule has 0 saturated heterocycles.